The Morgan fingerprint density at radius 3 is 1.10 bits per heavy atom. The fourth-order valence-electron chi connectivity index (χ4n) is 2.39. The first-order valence-electron chi connectivity index (χ1n) is 11.6. The second kappa shape index (κ2) is 24.6. The Morgan fingerprint density at radius 2 is 0.903 bits per heavy atom. The molecule has 180 valence electrons. The molecule has 2 aliphatic rings. The minimum Gasteiger partial charge on any atom is -0.373 e. The predicted octanol–water partition coefficient (Wildman–Crippen LogP) is 8.78. The summed E-state index contributed by atoms with van der Waals surface area (Å²) in [6, 6.07) is 21.4. The zero-order valence-electron chi connectivity index (χ0n) is 19.7. The van der Waals surface area contributed by atoms with Crippen molar-refractivity contribution in [3.8, 4) is 0 Å². The van der Waals surface area contributed by atoms with Crippen LogP contribution in [0.2, 0.25) is 0 Å². The maximum absolute atomic E-state index is 4.86. The number of benzene rings is 2. The van der Waals surface area contributed by atoms with E-state index >= 15 is 0 Å². The Morgan fingerprint density at radius 1 is 0.613 bits per heavy atom. The first kappa shape index (κ1) is 34.0. The fourth-order valence-corrected chi connectivity index (χ4v) is 2.39. The van der Waals surface area contributed by atoms with Crippen LogP contribution >= 0.6 is 0 Å². The van der Waals surface area contributed by atoms with Crippen molar-refractivity contribution in [3.05, 3.63) is 71.8 Å². The van der Waals surface area contributed by atoms with E-state index in [9.17, 15) is 0 Å². The van der Waals surface area contributed by atoms with Crippen LogP contribution in [0.4, 0.5) is 0 Å². The van der Waals surface area contributed by atoms with Crippen molar-refractivity contribution in [3.63, 3.8) is 0 Å². The summed E-state index contributed by atoms with van der Waals surface area (Å²) in [5.41, 5.74) is 2.88. The van der Waals surface area contributed by atoms with E-state index in [-0.39, 0.29) is 14.9 Å². The third-order valence-electron chi connectivity index (χ3n) is 4.33. The molecule has 2 heterocycles. The highest BCUT2D eigenvalue weighted by molar-refractivity contribution is 5.17. The molecule has 2 heteroatoms. The number of rotatable bonds is 6. The molecule has 2 fully saturated rings. The lowest BCUT2D eigenvalue weighted by molar-refractivity contribution is 0.403. The minimum absolute atomic E-state index is 0. The van der Waals surface area contributed by atoms with E-state index < -0.39 is 0 Å². The highest BCUT2D eigenvalue weighted by atomic mass is 16.6. The van der Waals surface area contributed by atoms with Gasteiger partial charge in [-0.1, -0.05) is 117 Å². The van der Waals surface area contributed by atoms with E-state index in [0.717, 1.165) is 13.2 Å². The first-order valence-corrected chi connectivity index (χ1v) is 11.6. The molecule has 0 spiro atoms. The molecule has 0 aromatic heterocycles. The summed E-state index contributed by atoms with van der Waals surface area (Å²) in [6.07, 6.45) is 7.24. The van der Waals surface area contributed by atoms with Crippen molar-refractivity contribution >= 4 is 0 Å². The van der Waals surface area contributed by atoms with Gasteiger partial charge in [0.25, 0.3) is 0 Å². The molecule has 0 bridgehead atoms. The topological polar surface area (TPSA) is 25.1 Å². The molecule has 2 saturated heterocycles. The van der Waals surface area contributed by atoms with Gasteiger partial charge in [0.15, 0.2) is 0 Å². The van der Waals surface area contributed by atoms with Gasteiger partial charge in [-0.05, 0) is 43.2 Å². The Hall–Kier alpha value is -1.64. The van der Waals surface area contributed by atoms with Crippen molar-refractivity contribution in [1.29, 1.82) is 0 Å². The standard InChI is InChI=1S/C15H16.2C4H8O.2C2H6.2CH4/c1-3-8-14(9-4-1)12-7-13-15-10-5-2-6-11-15;2*1-2-4-3-5-4;2*1-2;;/h1-6,8-11H,7,12-13H2;2*4H,2-3H2,1H3;2*1-2H3;2*1H4. The smallest absolute Gasteiger partial charge is 0.0807 e. The molecule has 2 aromatic rings. The van der Waals surface area contributed by atoms with Gasteiger partial charge in [0.1, 0.15) is 0 Å². The van der Waals surface area contributed by atoms with Crippen molar-refractivity contribution in [1.82, 2.24) is 0 Å². The Kier molecular flexibility index (Phi) is 27.0. The summed E-state index contributed by atoms with van der Waals surface area (Å²) in [5.74, 6) is 0. The maximum Gasteiger partial charge on any atom is 0.0807 e. The molecule has 0 saturated carbocycles. The lowest BCUT2D eigenvalue weighted by Crippen LogP contribution is -1.89. The highest BCUT2D eigenvalue weighted by Gasteiger charge is 2.18. The van der Waals surface area contributed by atoms with E-state index in [4.69, 9.17) is 9.47 Å². The zero-order valence-corrected chi connectivity index (χ0v) is 19.7. The summed E-state index contributed by atoms with van der Waals surface area (Å²) < 4.78 is 9.72. The van der Waals surface area contributed by atoms with Crippen LogP contribution in [0.3, 0.4) is 0 Å². The average Bonchev–Trinajstić information content (AvgIpc) is 3.72. The molecule has 0 N–H and O–H groups in total. The highest BCUT2D eigenvalue weighted by Crippen LogP contribution is 2.11. The molecule has 31 heavy (non-hydrogen) atoms. The molecular weight excluding hydrogens is 380 g/mol. The van der Waals surface area contributed by atoms with Gasteiger partial charge in [0.05, 0.1) is 25.4 Å². The van der Waals surface area contributed by atoms with Gasteiger partial charge in [0.2, 0.25) is 0 Å². The molecule has 0 radical (unpaired) electrons. The number of hydrogen-bond acceptors (Lipinski definition) is 2. The van der Waals surface area contributed by atoms with Crippen LogP contribution in [-0.2, 0) is 22.3 Å². The zero-order chi connectivity index (χ0) is 21.7. The molecular formula is C29H52O2. The Balaban J connectivity index is -0.000000407. The van der Waals surface area contributed by atoms with Crippen LogP contribution in [0.5, 0.6) is 0 Å². The average molecular weight is 433 g/mol. The van der Waals surface area contributed by atoms with E-state index in [1.807, 2.05) is 27.7 Å². The van der Waals surface area contributed by atoms with Gasteiger partial charge in [-0.3, -0.25) is 0 Å². The van der Waals surface area contributed by atoms with E-state index in [1.54, 1.807) is 0 Å². The van der Waals surface area contributed by atoms with Crippen molar-refractivity contribution in [2.24, 2.45) is 0 Å². The van der Waals surface area contributed by atoms with E-state index in [1.165, 1.54) is 43.2 Å². The van der Waals surface area contributed by atoms with Crippen molar-refractivity contribution in [2.75, 3.05) is 13.2 Å². The van der Waals surface area contributed by atoms with Gasteiger partial charge in [-0.15, -0.1) is 0 Å². The van der Waals surface area contributed by atoms with Gasteiger partial charge < -0.3 is 9.47 Å². The lowest BCUT2D eigenvalue weighted by atomic mass is 10.0. The van der Waals surface area contributed by atoms with E-state index in [2.05, 4.69) is 74.5 Å². The number of epoxide rings is 2. The Bertz CT molecular complexity index is 494. The first-order chi connectivity index (χ1) is 14.3. The second-order valence-corrected chi connectivity index (χ2v) is 6.55. The molecule has 2 aliphatic heterocycles. The maximum atomic E-state index is 4.86. The van der Waals surface area contributed by atoms with Crippen LogP contribution in [-0.4, -0.2) is 25.4 Å². The van der Waals surface area contributed by atoms with Gasteiger partial charge in [-0.25, -0.2) is 0 Å². The molecule has 2 nitrogen and oxygen atoms in total. The number of hydrogen-bond donors (Lipinski definition) is 0. The van der Waals surface area contributed by atoms with Crippen molar-refractivity contribution in [2.45, 2.75) is 101 Å². The van der Waals surface area contributed by atoms with Crippen LogP contribution in [0.25, 0.3) is 0 Å². The quantitative estimate of drug-likeness (QED) is 0.426. The second-order valence-electron chi connectivity index (χ2n) is 6.55. The van der Waals surface area contributed by atoms with Gasteiger partial charge in [-0.2, -0.15) is 0 Å². The molecule has 2 aromatic carbocycles. The van der Waals surface area contributed by atoms with Crippen LogP contribution < -0.4 is 0 Å². The molecule has 0 aliphatic carbocycles. The molecule has 4 rings (SSSR count). The fraction of sp³-hybridized carbons (Fsp3) is 0.586. The number of ether oxygens (including phenoxy) is 2. The van der Waals surface area contributed by atoms with E-state index in [0.29, 0.717) is 12.2 Å². The van der Waals surface area contributed by atoms with Crippen LogP contribution in [0.15, 0.2) is 60.7 Å². The monoisotopic (exact) mass is 432 g/mol. The molecule has 2 atom stereocenters. The van der Waals surface area contributed by atoms with Gasteiger partial charge >= 0.3 is 0 Å². The SMILES string of the molecule is C.C.CC.CC.CCC1CO1.CCC1CO1.c1ccc(CCCc2ccccc2)cc1. The van der Waals surface area contributed by atoms with Gasteiger partial charge in [0, 0.05) is 0 Å². The summed E-state index contributed by atoms with van der Waals surface area (Å²) in [5, 5.41) is 0. The van der Waals surface area contributed by atoms with Crippen molar-refractivity contribution < 1.29 is 9.47 Å². The largest absolute Gasteiger partial charge is 0.373 e. The summed E-state index contributed by atoms with van der Waals surface area (Å²) in [7, 11) is 0. The Labute approximate surface area is 195 Å². The van der Waals surface area contributed by atoms with Crippen LogP contribution in [0, 0.1) is 0 Å². The summed E-state index contributed by atoms with van der Waals surface area (Å²) in [6.45, 7) is 14.3. The number of aryl methyl sites for hydroxylation is 2. The molecule has 0 amide bonds. The lowest BCUT2D eigenvalue weighted by Gasteiger charge is -2.01. The predicted molar refractivity (Wildman–Crippen MR) is 141 cm³/mol. The van der Waals surface area contributed by atoms with Crippen LogP contribution in [0.1, 0.15) is 86.8 Å². The molecule has 2 unspecified atom stereocenters. The summed E-state index contributed by atoms with van der Waals surface area (Å²) in [4.78, 5) is 0. The third kappa shape index (κ3) is 21.4. The minimum atomic E-state index is 0. The third-order valence-corrected chi connectivity index (χ3v) is 4.33. The summed E-state index contributed by atoms with van der Waals surface area (Å²) >= 11 is 0. The normalized spacial score (nSPS) is 16.3.